The highest BCUT2D eigenvalue weighted by Crippen LogP contribution is 2.53. The van der Waals surface area contributed by atoms with Crippen LogP contribution in [0, 0.1) is 23.7 Å². The number of ether oxygens (including phenoxy) is 1. The van der Waals surface area contributed by atoms with Crippen LogP contribution in [0.2, 0.25) is 0 Å². The van der Waals surface area contributed by atoms with E-state index >= 15 is 0 Å². The number of carboxylic acids is 1. The highest BCUT2D eigenvalue weighted by atomic mass is 16.5. The second-order valence-corrected chi connectivity index (χ2v) is 4.66. The molecule has 4 nitrogen and oxygen atoms in total. The van der Waals surface area contributed by atoms with E-state index < -0.39 is 5.97 Å². The summed E-state index contributed by atoms with van der Waals surface area (Å²) in [5.41, 5.74) is 0. The summed E-state index contributed by atoms with van der Waals surface area (Å²) >= 11 is 0. The normalized spacial score (nSPS) is 36.8. The minimum absolute atomic E-state index is 0.0577. The van der Waals surface area contributed by atoms with Crippen molar-refractivity contribution in [2.24, 2.45) is 23.7 Å². The molecule has 0 aromatic carbocycles. The topological polar surface area (TPSA) is 63.6 Å². The van der Waals surface area contributed by atoms with Crippen LogP contribution in [-0.2, 0) is 14.3 Å². The van der Waals surface area contributed by atoms with Crippen LogP contribution in [0.25, 0.3) is 0 Å². The third-order valence-corrected chi connectivity index (χ3v) is 3.91. The molecule has 0 aromatic rings. The van der Waals surface area contributed by atoms with Gasteiger partial charge in [-0.1, -0.05) is 6.08 Å². The third-order valence-electron chi connectivity index (χ3n) is 3.91. The second-order valence-electron chi connectivity index (χ2n) is 4.66. The Hall–Kier alpha value is -1.32. The number of esters is 1. The summed E-state index contributed by atoms with van der Waals surface area (Å²) in [7, 11) is 1.40. The van der Waals surface area contributed by atoms with E-state index in [-0.39, 0.29) is 17.8 Å². The van der Waals surface area contributed by atoms with E-state index in [1.165, 1.54) is 7.11 Å². The number of hydrogen-bond acceptors (Lipinski definition) is 3. The average Bonchev–Trinajstić information content (AvgIpc) is 2.84. The van der Waals surface area contributed by atoms with Gasteiger partial charge in [0.15, 0.2) is 0 Å². The highest BCUT2D eigenvalue weighted by molar-refractivity contribution is 5.80. The van der Waals surface area contributed by atoms with Crippen LogP contribution in [0.15, 0.2) is 12.2 Å². The first kappa shape index (κ1) is 11.2. The van der Waals surface area contributed by atoms with E-state index in [0.717, 1.165) is 25.3 Å². The molecule has 0 radical (unpaired) electrons. The van der Waals surface area contributed by atoms with Gasteiger partial charge in [0.2, 0.25) is 0 Å². The molecule has 2 aliphatic carbocycles. The number of allylic oxidation sites excluding steroid dienone is 1. The van der Waals surface area contributed by atoms with Gasteiger partial charge in [-0.2, -0.15) is 0 Å². The maximum atomic E-state index is 11.7. The molecule has 88 valence electrons. The van der Waals surface area contributed by atoms with Crippen molar-refractivity contribution in [2.75, 3.05) is 7.11 Å². The molecular formula is C12H16O4. The molecule has 4 heteroatoms. The molecule has 2 saturated carbocycles. The first-order chi connectivity index (χ1) is 7.63. The van der Waals surface area contributed by atoms with Crippen LogP contribution in [-0.4, -0.2) is 24.2 Å². The highest BCUT2D eigenvalue weighted by Gasteiger charge is 2.50. The van der Waals surface area contributed by atoms with Gasteiger partial charge < -0.3 is 9.84 Å². The molecule has 0 heterocycles. The quantitative estimate of drug-likeness (QED) is 0.582. The Bertz CT molecular complexity index is 334. The molecule has 0 aliphatic heterocycles. The number of carbonyl (C=O) groups excluding carboxylic acids is 1. The lowest BCUT2D eigenvalue weighted by Gasteiger charge is -2.26. The molecule has 0 spiro atoms. The van der Waals surface area contributed by atoms with Gasteiger partial charge in [0.1, 0.15) is 0 Å². The van der Waals surface area contributed by atoms with Crippen molar-refractivity contribution in [3.05, 3.63) is 12.2 Å². The Morgan fingerprint density at radius 1 is 1.31 bits per heavy atom. The maximum Gasteiger partial charge on any atom is 0.327 e. The average molecular weight is 224 g/mol. The molecule has 2 aliphatic rings. The van der Waals surface area contributed by atoms with Gasteiger partial charge in [-0.25, -0.2) is 4.79 Å². The van der Waals surface area contributed by atoms with Gasteiger partial charge in [0, 0.05) is 6.08 Å². The van der Waals surface area contributed by atoms with Crippen molar-refractivity contribution in [2.45, 2.75) is 19.3 Å². The smallest absolute Gasteiger partial charge is 0.327 e. The van der Waals surface area contributed by atoms with E-state index in [9.17, 15) is 9.59 Å². The summed E-state index contributed by atoms with van der Waals surface area (Å²) < 4.78 is 4.80. The summed E-state index contributed by atoms with van der Waals surface area (Å²) in [5, 5.41) is 8.62. The van der Waals surface area contributed by atoms with Crippen molar-refractivity contribution in [1.82, 2.24) is 0 Å². The summed E-state index contributed by atoms with van der Waals surface area (Å²) in [4.78, 5) is 22.2. The fourth-order valence-electron chi connectivity index (χ4n) is 3.29. The Balaban J connectivity index is 2.15. The standard InChI is InChI=1S/C12H16O4/c1-16-12(15)11-8-3-2-7(6-8)9(11)4-5-10(13)14/h4-5,7-9,11H,2-3,6H2,1H3,(H,13,14). The number of carbonyl (C=O) groups is 2. The number of carboxylic acid groups (broad SMARTS) is 1. The lowest BCUT2D eigenvalue weighted by Crippen LogP contribution is -2.29. The van der Waals surface area contributed by atoms with Gasteiger partial charge in [0.05, 0.1) is 13.0 Å². The molecular weight excluding hydrogens is 208 g/mol. The van der Waals surface area contributed by atoms with E-state index in [1.807, 2.05) is 0 Å². The number of rotatable bonds is 3. The van der Waals surface area contributed by atoms with Crippen molar-refractivity contribution >= 4 is 11.9 Å². The van der Waals surface area contributed by atoms with Crippen LogP contribution in [0.3, 0.4) is 0 Å². The van der Waals surface area contributed by atoms with Crippen LogP contribution in [0.1, 0.15) is 19.3 Å². The summed E-state index contributed by atoms with van der Waals surface area (Å²) in [6.07, 6.45) is 6.04. The first-order valence-electron chi connectivity index (χ1n) is 5.62. The zero-order chi connectivity index (χ0) is 11.7. The molecule has 0 amide bonds. The molecule has 4 atom stereocenters. The largest absolute Gasteiger partial charge is 0.478 e. The lowest BCUT2D eigenvalue weighted by atomic mass is 9.79. The summed E-state index contributed by atoms with van der Waals surface area (Å²) in [6, 6.07) is 0. The molecule has 2 fully saturated rings. The Labute approximate surface area is 94.3 Å². The van der Waals surface area contributed by atoms with Crippen LogP contribution < -0.4 is 0 Å². The first-order valence-corrected chi connectivity index (χ1v) is 5.62. The molecule has 2 rings (SSSR count). The van der Waals surface area contributed by atoms with E-state index in [2.05, 4.69) is 0 Å². The SMILES string of the molecule is COC(=O)C1C2CCC(C2)C1C=CC(=O)O. The van der Waals surface area contributed by atoms with Gasteiger partial charge in [-0.3, -0.25) is 4.79 Å². The maximum absolute atomic E-state index is 11.7. The molecule has 1 N–H and O–H groups in total. The van der Waals surface area contributed by atoms with Crippen LogP contribution in [0.5, 0.6) is 0 Å². The van der Waals surface area contributed by atoms with Crippen molar-refractivity contribution in [3.8, 4) is 0 Å². The predicted octanol–water partition coefficient (Wildman–Crippen LogP) is 1.46. The molecule has 16 heavy (non-hydrogen) atoms. The minimum atomic E-state index is -0.952. The molecule has 0 saturated heterocycles. The van der Waals surface area contributed by atoms with Crippen molar-refractivity contribution < 1.29 is 19.4 Å². The Morgan fingerprint density at radius 3 is 2.62 bits per heavy atom. The zero-order valence-electron chi connectivity index (χ0n) is 9.26. The van der Waals surface area contributed by atoms with Crippen molar-refractivity contribution in [1.29, 1.82) is 0 Å². The van der Waals surface area contributed by atoms with Gasteiger partial charge >= 0.3 is 11.9 Å². The van der Waals surface area contributed by atoms with Crippen LogP contribution >= 0.6 is 0 Å². The zero-order valence-corrected chi connectivity index (χ0v) is 9.26. The van der Waals surface area contributed by atoms with Gasteiger partial charge in [0.25, 0.3) is 0 Å². The number of aliphatic carboxylic acids is 1. The molecule has 2 bridgehead atoms. The molecule has 4 unspecified atom stereocenters. The Kier molecular flexibility index (Phi) is 2.99. The van der Waals surface area contributed by atoms with Gasteiger partial charge in [-0.05, 0) is 37.0 Å². The summed E-state index contributed by atoms with van der Waals surface area (Å²) in [5.74, 6) is -0.356. The number of fused-ring (bicyclic) bond motifs is 2. The molecule has 0 aromatic heterocycles. The lowest BCUT2D eigenvalue weighted by molar-refractivity contribution is -0.148. The van der Waals surface area contributed by atoms with E-state index in [1.54, 1.807) is 6.08 Å². The third kappa shape index (κ3) is 1.84. The summed E-state index contributed by atoms with van der Waals surface area (Å²) in [6.45, 7) is 0. The number of methoxy groups -OCH3 is 1. The monoisotopic (exact) mass is 224 g/mol. The minimum Gasteiger partial charge on any atom is -0.478 e. The fraction of sp³-hybridized carbons (Fsp3) is 0.667. The number of hydrogen-bond donors (Lipinski definition) is 1. The van der Waals surface area contributed by atoms with Crippen molar-refractivity contribution in [3.63, 3.8) is 0 Å². The fourth-order valence-corrected chi connectivity index (χ4v) is 3.29. The van der Waals surface area contributed by atoms with Gasteiger partial charge in [-0.15, -0.1) is 0 Å². The second kappa shape index (κ2) is 4.28. The Morgan fingerprint density at radius 2 is 2.00 bits per heavy atom. The van der Waals surface area contributed by atoms with E-state index in [0.29, 0.717) is 11.8 Å². The predicted molar refractivity (Wildman–Crippen MR) is 56.6 cm³/mol. The van der Waals surface area contributed by atoms with Crippen LogP contribution in [0.4, 0.5) is 0 Å². The van der Waals surface area contributed by atoms with E-state index in [4.69, 9.17) is 9.84 Å².